The number of benzene rings is 1. The molecule has 1 aliphatic heterocycles. The van der Waals surface area contributed by atoms with Crippen LogP contribution < -0.4 is 14.4 Å². The second kappa shape index (κ2) is 3.87. The third kappa shape index (κ3) is 2.39. The molecule has 0 radical (unpaired) electrons. The number of hydrogen-bond donors (Lipinski definition) is 1. The van der Waals surface area contributed by atoms with E-state index in [9.17, 15) is 5.11 Å². The van der Waals surface area contributed by atoms with E-state index < -0.39 is 5.60 Å². The molecule has 4 heteroatoms. The molecule has 0 unspecified atom stereocenters. The van der Waals surface area contributed by atoms with Crippen LogP contribution in [-0.4, -0.2) is 31.1 Å². The second-order valence-corrected chi connectivity index (χ2v) is 4.71. The zero-order valence-electron chi connectivity index (χ0n) is 9.86. The van der Waals surface area contributed by atoms with Gasteiger partial charge in [0.2, 0.25) is 6.79 Å². The Hall–Kier alpha value is -1.42. The van der Waals surface area contributed by atoms with Gasteiger partial charge in [0.25, 0.3) is 0 Å². The first-order chi connectivity index (χ1) is 7.46. The molecule has 0 saturated heterocycles. The molecule has 4 nitrogen and oxygen atoms in total. The summed E-state index contributed by atoms with van der Waals surface area (Å²) in [7, 11) is 1.94. The van der Waals surface area contributed by atoms with Crippen LogP contribution >= 0.6 is 0 Å². The molecule has 1 aromatic carbocycles. The van der Waals surface area contributed by atoms with Crippen molar-refractivity contribution in [2.24, 2.45) is 0 Å². The molecular weight excluding hydrogens is 206 g/mol. The van der Waals surface area contributed by atoms with Crippen molar-refractivity contribution in [3.63, 3.8) is 0 Å². The highest BCUT2D eigenvalue weighted by molar-refractivity contribution is 5.56. The normalized spacial score (nSPS) is 14.0. The van der Waals surface area contributed by atoms with Crippen LogP contribution in [0.3, 0.4) is 0 Å². The van der Waals surface area contributed by atoms with Gasteiger partial charge in [0.05, 0.1) is 5.60 Å². The van der Waals surface area contributed by atoms with Crippen LogP contribution in [0.25, 0.3) is 0 Å². The molecule has 0 spiro atoms. The summed E-state index contributed by atoms with van der Waals surface area (Å²) in [5.41, 5.74) is 0.289. The van der Waals surface area contributed by atoms with E-state index in [1.54, 1.807) is 13.8 Å². The smallest absolute Gasteiger partial charge is 0.231 e. The van der Waals surface area contributed by atoms with Crippen LogP contribution in [0.5, 0.6) is 11.5 Å². The lowest BCUT2D eigenvalue weighted by Gasteiger charge is -2.27. The van der Waals surface area contributed by atoms with Gasteiger partial charge in [-0.15, -0.1) is 0 Å². The molecule has 1 aliphatic rings. The fraction of sp³-hybridized carbons (Fsp3) is 0.500. The van der Waals surface area contributed by atoms with Crippen molar-refractivity contribution >= 4 is 5.69 Å². The van der Waals surface area contributed by atoms with Crippen molar-refractivity contribution in [1.82, 2.24) is 0 Å². The first kappa shape index (κ1) is 11.1. The fourth-order valence-corrected chi connectivity index (χ4v) is 1.79. The van der Waals surface area contributed by atoms with E-state index >= 15 is 0 Å². The average Bonchev–Trinajstić information content (AvgIpc) is 2.61. The lowest BCUT2D eigenvalue weighted by molar-refractivity contribution is 0.0886. The second-order valence-electron chi connectivity index (χ2n) is 4.71. The van der Waals surface area contributed by atoms with Crippen molar-refractivity contribution in [3.05, 3.63) is 18.2 Å². The van der Waals surface area contributed by atoms with Gasteiger partial charge in [0.15, 0.2) is 11.5 Å². The Balaban J connectivity index is 2.15. The zero-order chi connectivity index (χ0) is 11.8. The van der Waals surface area contributed by atoms with Gasteiger partial charge >= 0.3 is 0 Å². The molecule has 0 bridgehead atoms. The lowest BCUT2D eigenvalue weighted by atomic mass is 10.1. The van der Waals surface area contributed by atoms with E-state index in [-0.39, 0.29) is 6.79 Å². The molecule has 0 atom stereocenters. The summed E-state index contributed by atoms with van der Waals surface area (Å²) in [6.45, 7) is 4.42. The van der Waals surface area contributed by atoms with Crippen LogP contribution in [0.1, 0.15) is 13.8 Å². The molecule has 1 heterocycles. The molecule has 0 saturated carbocycles. The Kier molecular flexibility index (Phi) is 2.68. The standard InChI is InChI=1S/C12H17NO3/c1-12(2,14)7-13(3)9-4-5-10-11(6-9)16-8-15-10/h4-6,14H,7-8H2,1-3H3. The molecule has 2 rings (SSSR count). The lowest BCUT2D eigenvalue weighted by Crippen LogP contribution is -2.36. The van der Waals surface area contributed by atoms with Crippen molar-refractivity contribution < 1.29 is 14.6 Å². The predicted octanol–water partition coefficient (Wildman–Crippen LogP) is 1.62. The largest absolute Gasteiger partial charge is 0.454 e. The Morgan fingerprint density at radius 3 is 2.69 bits per heavy atom. The number of anilines is 1. The minimum absolute atomic E-state index is 0.286. The van der Waals surface area contributed by atoms with Gasteiger partial charge in [-0.1, -0.05) is 0 Å². The van der Waals surface area contributed by atoms with Crippen LogP contribution in [0.4, 0.5) is 5.69 Å². The summed E-state index contributed by atoms with van der Waals surface area (Å²) in [4.78, 5) is 1.99. The van der Waals surface area contributed by atoms with E-state index in [2.05, 4.69) is 0 Å². The molecule has 88 valence electrons. The minimum Gasteiger partial charge on any atom is -0.454 e. The maximum Gasteiger partial charge on any atom is 0.231 e. The molecule has 1 aromatic rings. The van der Waals surface area contributed by atoms with Crippen molar-refractivity contribution in [2.45, 2.75) is 19.4 Å². The number of likely N-dealkylation sites (N-methyl/N-ethyl adjacent to an activating group) is 1. The molecule has 0 aromatic heterocycles. The number of aliphatic hydroxyl groups is 1. The molecule has 0 fully saturated rings. The van der Waals surface area contributed by atoms with Crippen molar-refractivity contribution in [2.75, 3.05) is 25.3 Å². The monoisotopic (exact) mass is 223 g/mol. The van der Waals surface area contributed by atoms with Crippen molar-refractivity contribution in [3.8, 4) is 11.5 Å². The van der Waals surface area contributed by atoms with E-state index in [0.717, 1.165) is 17.2 Å². The first-order valence-corrected chi connectivity index (χ1v) is 5.29. The summed E-state index contributed by atoms with van der Waals surface area (Å²) in [5.74, 6) is 1.54. The molecule has 0 amide bonds. The third-order valence-corrected chi connectivity index (χ3v) is 2.42. The van der Waals surface area contributed by atoms with Gasteiger partial charge < -0.3 is 19.5 Å². The van der Waals surface area contributed by atoms with Gasteiger partial charge in [-0.3, -0.25) is 0 Å². The molecular formula is C12H17NO3. The zero-order valence-corrected chi connectivity index (χ0v) is 9.86. The van der Waals surface area contributed by atoms with Gasteiger partial charge in [-0.25, -0.2) is 0 Å². The quantitative estimate of drug-likeness (QED) is 0.845. The van der Waals surface area contributed by atoms with Crippen LogP contribution in [0, 0.1) is 0 Å². The van der Waals surface area contributed by atoms with Gasteiger partial charge in [-0.05, 0) is 26.0 Å². The number of rotatable bonds is 3. The average molecular weight is 223 g/mol. The number of nitrogens with zero attached hydrogens (tertiary/aromatic N) is 1. The summed E-state index contributed by atoms with van der Waals surface area (Å²) in [5, 5.41) is 9.75. The Bertz CT molecular complexity index is 384. The third-order valence-electron chi connectivity index (χ3n) is 2.42. The van der Waals surface area contributed by atoms with Crippen LogP contribution in [-0.2, 0) is 0 Å². The predicted molar refractivity (Wildman–Crippen MR) is 62.1 cm³/mol. The van der Waals surface area contributed by atoms with Crippen LogP contribution in [0.15, 0.2) is 18.2 Å². The van der Waals surface area contributed by atoms with E-state index in [1.807, 2.05) is 30.1 Å². The topological polar surface area (TPSA) is 41.9 Å². The Labute approximate surface area is 95.4 Å². The number of hydrogen-bond acceptors (Lipinski definition) is 4. The summed E-state index contributed by atoms with van der Waals surface area (Å²) < 4.78 is 10.6. The van der Waals surface area contributed by atoms with Crippen molar-refractivity contribution in [1.29, 1.82) is 0 Å². The highest BCUT2D eigenvalue weighted by Crippen LogP contribution is 2.35. The van der Waals surface area contributed by atoms with E-state index in [1.165, 1.54) is 0 Å². The molecule has 16 heavy (non-hydrogen) atoms. The highest BCUT2D eigenvalue weighted by atomic mass is 16.7. The van der Waals surface area contributed by atoms with E-state index in [4.69, 9.17) is 9.47 Å². The number of ether oxygens (including phenoxy) is 2. The number of fused-ring (bicyclic) bond motifs is 1. The summed E-state index contributed by atoms with van der Waals surface area (Å²) in [6.07, 6.45) is 0. The maximum atomic E-state index is 9.75. The Morgan fingerprint density at radius 2 is 2.00 bits per heavy atom. The highest BCUT2D eigenvalue weighted by Gasteiger charge is 2.18. The maximum absolute atomic E-state index is 9.75. The van der Waals surface area contributed by atoms with Gasteiger partial charge in [0, 0.05) is 25.3 Å². The van der Waals surface area contributed by atoms with Gasteiger partial charge in [0.1, 0.15) is 0 Å². The minimum atomic E-state index is -0.717. The summed E-state index contributed by atoms with van der Waals surface area (Å²) in [6, 6.07) is 5.77. The molecule has 0 aliphatic carbocycles. The van der Waals surface area contributed by atoms with Gasteiger partial charge in [-0.2, -0.15) is 0 Å². The Morgan fingerprint density at radius 1 is 1.31 bits per heavy atom. The summed E-state index contributed by atoms with van der Waals surface area (Å²) >= 11 is 0. The van der Waals surface area contributed by atoms with Crippen LogP contribution in [0.2, 0.25) is 0 Å². The fourth-order valence-electron chi connectivity index (χ4n) is 1.79. The van der Waals surface area contributed by atoms with E-state index in [0.29, 0.717) is 6.54 Å². The first-order valence-electron chi connectivity index (χ1n) is 5.29. The SMILES string of the molecule is CN(CC(C)(C)O)c1ccc2c(c1)OCO2. The molecule has 1 N–H and O–H groups in total.